The quantitative estimate of drug-likeness (QED) is 0.165. The number of benzene rings is 3. The first-order valence-electron chi connectivity index (χ1n) is 13.7. The number of H-pyrrole nitrogens is 1. The van der Waals surface area contributed by atoms with Crippen LogP contribution in [0.2, 0.25) is 0 Å². The summed E-state index contributed by atoms with van der Waals surface area (Å²) < 4.78 is 28.2. The van der Waals surface area contributed by atoms with E-state index in [1.165, 1.54) is 19.1 Å². The minimum Gasteiger partial charge on any atom is -0.387 e. The molecule has 5 rings (SSSR count). The zero-order valence-electron chi connectivity index (χ0n) is 23.1. The number of fused-ring (bicyclic) bond motifs is 1. The van der Waals surface area contributed by atoms with Gasteiger partial charge in [0.1, 0.15) is 0 Å². The van der Waals surface area contributed by atoms with Crippen molar-refractivity contribution in [3.8, 4) is 0 Å². The first-order valence-corrected chi connectivity index (χ1v) is 15.1. The molecule has 1 aromatic heterocycles. The first kappa shape index (κ1) is 29.1. The molecule has 0 spiro atoms. The molecule has 2 amide bonds. The maximum Gasteiger partial charge on any atom is 0.261 e. The second-order valence-electron chi connectivity index (χ2n) is 10.4. The highest BCUT2D eigenvalue weighted by Gasteiger charge is 2.22. The summed E-state index contributed by atoms with van der Waals surface area (Å²) in [6, 6.07) is 18.8. The van der Waals surface area contributed by atoms with Gasteiger partial charge in [0.2, 0.25) is 5.91 Å². The van der Waals surface area contributed by atoms with Crippen LogP contribution in [-0.4, -0.2) is 56.0 Å². The van der Waals surface area contributed by atoms with Crippen LogP contribution in [0.25, 0.3) is 10.9 Å². The van der Waals surface area contributed by atoms with E-state index < -0.39 is 22.0 Å². The lowest BCUT2D eigenvalue weighted by Crippen LogP contribution is -2.43. The Morgan fingerprint density at radius 3 is 2.33 bits per heavy atom. The number of hydrogen-bond donors (Lipinski definition) is 6. The van der Waals surface area contributed by atoms with E-state index in [-0.39, 0.29) is 16.8 Å². The normalized spacial score (nSPS) is 15.0. The van der Waals surface area contributed by atoms with Crippen molar-refractivity contribution in [2.24, 2.45) is 5.73 Å². The maximum atomic E-state index is 12.8. The van der Waals surface area contributed by atoms with E-state index in [1.54, 1.807) is 36.5 Å². The van der Waals surface area contributed by atoms with E-state index in [4.69, 9.17) is 5.73 Å². The molecule has 0 bridgehead atoms. The predicted molar refractivity (Wildman–Crippen MR) is 163 cm³/mol. The van der Waals surface area contributed by atoms with Crippen LogP contribution in [0, 0.1) is 0 Å². The Kier molecular flexibility index (Phi) is 8.48. The average Bonchev–Trinajstić information content (AvgIpc) is 3.45. The Morgan fingerprint density at radius 1 is 1.02 bits per heavy atom. The second kappa shape index (κ2) is 12.2. The van der Waals surface area contributed by atoms with Crippen molar-refractivity contribution in [2.75, 3.05) is 34.6 Å². The third kappa shape index (κ3) is 6.73. The summed E-state index contributed by atoms with van der Waals surface area (Å²) in [5.41, 5.74) is 9.16. The van der Waals surface area contributed by atoms with Crippen LogP contribution in [-0.2, 0) is 14.8 Å². The number of carbonyl (C=O) groups is 2. The Bertz CT molecular complexity index is 1680. The van der Waals surface area contributed by atoms with Crippen LogP contribution in [0.1, 0.15) is 41.8 Å². The first-order chi connectivity index (χ1) is 20.1. The van der Waals surface area contributed by atoms with Crippen LogP contribution >= 0.6 is 0 Å². The summed E-state index contributed by atoms with van der Waals surface area (Å²) in [4.78, 5) is 28.4. The van der Waals surface area contributed by atoms with Crippen LogP contribution in [0.5, 0.6) is 0 Å². The van der Waals surface area contributed by atoms with Gasteiger partial charge in [0, 0.05) is 61.2 Å². The number of piperidine rings is 1. The van der Waals surface area contributed by atoms with Gasteiger partial charge in [0.25, 0.3) is 15.9 Å². The number of aliphatic hydroxyl groups excluding tert-OH is 1. The van der Waals surface area contributed by atoms with Gasteiger partial charge < -0.3 is 31.4 Å². The van der Waals surface area contributed by atoms with Gasteiger partial charge >= 0.3 is 0 Å². The number of aliphatic hydroxyl groups is 1. The molecule has 12 heteroatoms. The Balaban J connectivity index is 1.12. The lowest BCUT2D eigenvalue weighted by atomic mass is 10.0. The summed E-state index contributed by atoms with van der Waals surface area (Å²) in [5, 5.41) is 17.7. The monoisotopic (exact) mass is 590 g/mol. The Hall–Kier alpha value is -4.39. The topological polar surface area (TPSA) is 170 Å². The summed E-state index contributed by atoms with van der Waals surface area (Å²) >= 11 is 0. The van der Waals surface area contributed by atoms with Crippen molar-refractivity contribution in [1.82, 2.24) is 10.3 Å². The van der Waals surface area contributed by atoms with Gasteiger partial charge in [-0.1, -0.05) is 0 Å². The van der Waals surface area contributed by atoms with Crippen molar-refractivity contribution < 1.29 is 23.1 Å². The van der Waals surface area contributed by atoms with Crippen molar-refractivity contribution in [2.45, 2.75) is 36.8 Å². The van der Waals surface area contributed by atoms with E-state index in [9.17, 15) is 23.1 Å². The second-order valence-corrected chi connectivity index (χ2v) is 12.1. The lowest BCUT2D eigenvalue weighted by molar-refractivity contribution is -0.114. The number of nitrogens with zero attached hydrogens (tertiary/aromatic N) is 1. The lowest BCUT2D eigenvalue weighted by Gasteiger charge is -2.34. The van der Waals surface area contributed by atoms with Crippen molar-refractivity contribution >= 4 is 49.8 Å². The molecule has 0 radical (unpaired) electrons. The maximum absolute atomic E-state index is 12.8. The molecule has 4 aromatic rings. The number of aromatic amines is 1. The third-order valence-corrected chi connectivity index (χ3v) is 8.79. The van der Waals surface area contributed by atoms with Gasteiger partial charge in [-0.05, 0) is 85.1 Å². The number of anilines is 3. The smallest absolute Gasteiger partial charge is 0.261 e. The molecule has 7 N–H and O–H groups in total. The van der Waals surface area contributed by atoms with Gasteiger partial charge in [0.15, 0.2) is 0 Å². The van der Waals surface area contributed by atoms with Crippen molar-refractivity contribution in [3.05, 3.63) is 84.1 Å². The van der Waals surface area contributed by atoms with Gasteiger partial charge in [-0.3, -0.25) is 14.3 Å². The number of nitrogens with two attached hydrogens (primary N) is 1. The molecule has 1 aliphatic rings. The molecule has 3 aromatic carbocycles. The molecular weight excluding hydrogens is 556 g/mol. The number of hydrogen-bond acceptors (Lipinski definition) is 7. The molecule has 1 aliphatic heterocycles. The zero-order chi connectivity index (χ0) is 29.9. The summed E-state index contributed by atoms with van der Waals surface area (Å²) in [6.07, 6.45) is 2.70. The fraction of sp³-hybridized carbons (Fsp3) is 0.267. The van der Waals surface area contributed by atoms with Gasteiger partial charge in [0.05, 0.1) is 22.1 Å². The minimum atomic E-state index is -3.78. The molecule has 42 heavy (non-hydrogen) atoms. The molecule has 1 saturated heterocycles. The number of amides is 2. The van der Waals surface area contributed by atoms with Crippen LogP contribution in [0.15, 0.2) is 77.8 Å². The molecule has 0 aliphatic carbocycles. The average molecular weight is 591 g/mol. The minimum absolute atomic E-state index is 0.0960. The van der Waals surface area contributed by atoms with Crippen LogP contribution in [0.4, 0.5) is 17.1 Å². The molecular formula is C30H34N6O5S. The third-order valence-electron chi connectivity index (χ3n) is 7.40. The fourth-order valence-electron chi connectivity index (χ4n) is 5.19. The molecule has 1 fully saturated rings. The number of primary amides is 1. The predicted octanol–water partition coefficient (Wildman–Crippen LogP) is 3.32. The molecule has 0 saturated carbocycles. The fourth-order valence-corrected chi connectivity index (χ4v) is 6.25. The van der Waals surface area contributed by atoms with Crippen molar-refractivity contribution in [3.63, 3.8) is 0 Å². The molecule has 1 atom stereocenters. The van der Waals surface area contributed by atoms with E-state index >= 15 is 0 Å². The highest BCUT2D eigenvalue weighted by Crippen LogP contribution is 2.26. The van der Waals surface area contributed by atoms with Crippen LogP contribution in [0.3, 0.4) is 0 Å². The SMILES string of the molecule is CC(=O)Nc1ccc(S(=O)(=O)Nc2ccc(N3CCC(NCC(O)c4cc(C(N)=O)c5[nH]ccc5c4)CC3)cc2)cc1. The number of sulfonamides is 1. The summed E-state index contributed by atoms with van der Waals surface area (Å²) in [6.45, 7) is 3.35. The highest BCUT2D eigenvalue weighted by molar-refractivity contribution is 7.92. The molecule has 1 unspecified atom stereocenters. The number of aromatic nitrogens is 1. The number of nitrogens with one attached hydrogen (secondary N) is 4. The Morgan fingerprint density at radius 2 is 1.69 bits per heavy atom. The Labute approximate surface area is 244 Å². The van der Waals surface area contributed by atoms with E-state index in [1.807, 2.05) is 24.3 Å². The number of rotatable bonds is 10. The van der Waals surface area contributed by atoms with E-state index in [0.29, 0.717) is 34.6 Å². The molecule has 220 valence electrons. The standard InChI is InChI=1S/C30H34N6O5S/c1-19(37)34-23-4-8-26(9-5-23)42(40,41)35-24-2-6-25(7-3-24)36-14-11-22(12-15-36)33-18-28(38)21-16-20-10-13-32-29(20)27(17-21)30(31)39/h2-10,13,16-17,22,28,32-33,35,38H,11-12,14-15,18H2,1H3,(H2,31,39)(H,34,37). The summed E-state index contributed by atoms with van der Waals surface area (Å²) in [7, 11) is -3.78. The summed E-state index contributed by atoms with van der Waals surface area (Å²) in [5.74, 6) is -0.775. The van der Waals surface area contributed by atoms with Gasteiger partial charge in [-0.15, -0.1) is 0 Å². The highest BCUT2D eigenvalue weighted by atomic mass is 32.2. The number of carbonyl (C=O) groups excluding carboxylic acids is 2. The van der Waals surface area contributed by atoms with E-state index in [2.05, 4.69) is 25.2 Å². The van der Waals surface area contributed by atoms with Crippen LogP contribution < -0.4 is 26.0 Å². The largest absolute Gasteiger partial charge is 0.387 e. The van der Waals surface area contributed by atoms with Gasteiger partial charge in [-0.2, -0.15) is 0 Å². The van der Waals surface area contributed by atoms with Crippen molar-refractivity contribution in [1.29, 1.82) is 0 Å². The molecule has 11 nitrogen and oxygen atoms in total. The van der Waals surface area contributed by atoms with E-state index in [0.717, 1.165) is 37.0 Å². The zero-order valence-corrected chi connectivity index (χ0v) is 23.9. The van der Waals surface area contributed by atoms with Gasteiger partial charge in [-0.25, -0.2) is 8.42 Å². The molecule has 2 heterocycles.